The fourth-order valence-corrected chi connectivity index (χ4v) is 3.83. The number of aliphatic hydroxyl groups is 1. The summed E-state index contributed by atoms with van der Waals surface area (Å²) in [5, 5.41) is 9.75. The summed E-state index contributed by atoms with van der Waals surface area (Å²) in [7, 11) is 0. The van der Waals surface area contributed by atoms with Crippen molar-refractivity contribution in [1.29, 1.82) is 0 Å². The van der Waals surface area contributed by atoms with Crippen molar-refractivity contribution in [2.45, 2.75) is 44.5 Å². The molecule has 0 radical (unpaired) electrons. The Morgan fingerprint density at radius 1 is 1.08 bits per heavy atom. The molecule has 1 amide bonds. The Bertz CT molecular complexity index is 610. The highest BCUT2D eigenvalue weighted by Gasteiger charge is 2.32. The van der Waals surface area contributed by atoms with Crippen molar-refractivity contribution in [2.75, 3.05) is 26.2 Å². The van der Waals surface area contributed by atoms with Gasteiger partial charge in [-0.1, -0.05) is 18.6 Å². The lowest BCUT2D eigenvalue weighted by molar-refractivity contribution is -0.139. The molecule has 1 saturated heterocycles. The standard InChI is InChI=1S/C19H25F3N2O2/c20-19(21,22)16-6-4-14(5-7-16)13-23-8-10-24(11-9-23)18(26)15-2-1-3-17(25)12-15/h4-7,15,17,25H,1-3,8-13H2/t15-,17-/m0/s1. The van der Waals surface area contributed by atoms with E-state index in [-0.39, 0.29) is 17.9 Å². The number of hydrogen-bond acceptors (Lipinski definition) is 3. The summed E-state index contributed by atoms with van der Waals surface area (Å²) in [6.45, 7) is 3.27. The SMILES string of the molecule is O=C([C@H]1CCC[C@H](O)C1)N1CCN(Cc2ccc(C(F)(F)F)cc2)CC1. The van der Waals surface area contributed by atoms with Gasteiger partial charge in [0.1, 0.15) is 0 Å². The van der Waals surface area contributed by atoms with Crippen LogP contribution >= 0.6 is 0 Å². The molecule has 1 aliphatic carbocycles. The summed E-state index contributed by atoms with van der Waals surface area (Å²) in [5.74, 6) is 0.0677. The molecule has 1 aliphatic heterocycles. The van der Waals surface area contributed by atoms with Gasteiger partial charge < -0.3 is 10.0 Å². The summed E-state index contributed by atoms with van der Waals surface area (Å²) in [5.41, 5.74) is 0.208. The summed E-state index contributed by atoms with van der Waals surface area (Å²) < 4.78 is 37.8. The molecule has 3 rings (SSSR count). The molecule has 7 heteroatoms. The number of aliphatic hydroxyl groups excluding tert-OH is 1. The van der Waals surface area contributed by atoms with Crippen LogP contribution < -0.4 is 0 Å². The Kier molecular flexibility index (Phi) is 5.87. The van der Waals surface area contributed by atoms with Crippen molar-refractivity contribution in [1.82, 2.24) is 9.80 Å². The third-order valence-electron chi connectivity index (χ3n) is 5.37. The molecular formula is C19H25F3N2O2. The first-order valence-corrected chi connectivity index (χ1v) is 9.18. The van der Waals surface area contributed by atoms with E-state index in [1.165, 1.54) is 12.1 Å². The predicted molar refractivity (Wildman–Crippen MR) is 91.3 cm³/mol. The van der Waals surface area contributed by atoms with E-state index in [0.717, 1.165) is 37.0 Å². The van der Waals surface area contributed by atoms with Gasteiger partial charge in [-0.2, -0.15) is 13.2 Å². The molecule has 26 heavy (non-hydrogen) atoms. The van der Waals surface area contributed by atoms with Crippen molar-refractivity contribution < 1.29 is 23.1 Å². The number of carbonyl (C=O) groups is 1. The third kappa shape index (κ3) is 4.76. The number of alkyl halides is 3. The molecule has 2 atom stereocenters. The summed E-state index contributed by atoms with van der Waals surface area (Å²) >= 11 is 0. The van der Waals surface area contributed by atoms with E-state index < -0.39 is 11.7 Å². The smallest absolute Gasteiger partial charge is 0.393 e. The van der Waals surface area contributed by atoms with Crippen LogP contribution in [0.3, 0.4) is 0 Å². The van der Waals surface area contributed by atoms with Crippen LogP contribution in [0.15, 0.2) is 24.3 Å². The van der Waals surface area contributed by atoms with Crippen LogP contribution in [0.5, 0.6) is 0 Å². The summed E-state index contributed by atoms with van der Waals surface area (Å²) in [6.07, 6.45) is -1.58. The molecule has 1 aromatic rings. The van der Waals surface area contributed by atoms with Crippen molar-refractivity contribution in [3.63, 3.8) is 0 Å². The van der Waals surface area contributed by atoms with E-state index in [1.54, 1.807) is 0 Å². The van der Waals surface area contributed by atoms with Gasteiger partial charge in [0, 0.05) is 38.6 Å². The van der Waals surface area contributed by atoms with Crippen LogP contribution in [-0.2, 0) is 17.5 Å². The number of carbonyl (C=O) groups excluding carboxylic acids is 1. The second kappa shape index (κ2) is 7.96. The maximum Gasteiger partial charge on any atom is 0.416 e. The topological polar surface area (TPSA) is 43.8 Å². The van der Waals surface area contributed by atoms with Gasteiger partial charge in [-0.15, -0.1) is 0 Å². The van der Waals surface area contributed by atoms with Gasteiger partial charge in [-0.3, -0.25) is 9.69 Å². The second-order valence-corrected chi connectivity index (χ2v) is 7.31. The number of amides is 1. The van der Waals surface area contributed by atoms with Crippen LogP contribution in [0.1, 0.15) is 36.8 Å². The van der Waals surface area contributed by atoms with Gasteiger partial charge in [-0.05, 0) is 37.0 Å². The molecule has 1 aromatic carbocycles. The Morgan fingerprint density at radius 3 is 2.31 bits per heavy atom. The zero-order valence-electron chi connectivity index (χ0n) is 14.7. The molecule has 0 aromatic heterocycles. The predicted octanol–water partition coefficient (Wildman–Crippen LogP) is 2.90. The van der Waals surface area contributed by atoms with E-state index >= 15 is 0 Å². The van der Waals surface area contributed by atoms with Gasteiger partial charge in [0.25, 0.3) is 0 Å². The highest BCUT2D eigenvalue weighted by molar-refractivity contribution is 5.79. The lowest BCUT2D eigenvalue weighted by Crippen LogP contribution is -2.50. The van der Waals surface area contributed by atoms with Crippen molar-refractivity contribution in [3.05, 3.63) is 35.4 Å². The number of hydrogen-bond donors (Lipinski definition) is 1. The number of piperazine rings is 1. The molecule has 4 nitrogen and oxygen atoms in total. The van der Waals surface area contributed by atoms with E-state index in [2.05, 4.69) is 4.90 Å². The molecule has 0 spiro atoms. The zero-order chi connectivity index (χ0) is 18.7. The number of halogens is 3. The molecule has 1 heterocycles. The third-order valence-corrected chi connectivity index (χ3v) is 5.37. The van der Waals surface area contributed by atoms with Gasteiger partial charge in [-0.25, -0.2) is 0 Å². The molecule has 2 aliphatic rings. The molecule has 1 saturated carbocycles. The summed E-state index contributed by atoms with van der Waals surface area (Å²) in [4.78, 5) is 16.6. The fraction of sp³-hybridized carbons (Fsp3) is 0.632. The van der Waals surface area contributed by atoms with Crippen molar-refractivity contribution in [3.8, 4) is 0 Å². The Morgan fingerprint density at radius 2 is 1.73 bits per heavy atom. The maximum atomic E-state index is 12.6. The number of nitrogens with zero attached hydrogens (tertiary/aromatic N) is 2. The second-order valence-electron chi connectivity index (χ2n) is 7.31. The minimum atomic E-state index is -4.31. The zero-order valence-corrected chi connectivity index (χ0v) is 14.7. The van der Waals surface area contributed by atoms with Crippen LogP contribution in [0.4, 0.5) is 13.2 Å². The number of rotatable bonds is 3. The van der Waals surface area contributed by atoms with Crippen molar-refractivity contribution >= 4 is 5.91 Å². The lowest BCUT2D eigenvalue weighted by atomic mass is 9.86. The highest BCUT2D eigenvalue weighted by Crippen LogP contribution is 2.29. The lowest BCUT2D eigenvalue weighted by Gasteiger charge is -2.37. The quantitative estimate of drug-likeness (QED) is 0.890. The monoisotopic (exact) mass is 370 g/mol. The Balaban J connectivity index is 1.48. The number of benzene rings is 1. The molecular weight excluding hydrogens is 345 g/mol. The Hall–Kier alpha value is -1.60. The summed E-state index contributed by atoms with van der Waals surface area (Å²) in [6, 6.07) is 5.26. The first-order chi connectivity index (χ1) is 12.3. The molecule has 0 bridgehead atoms. The molecule has 1 N–H and O–H groups in total. The van der Waals surface area contributed by atoms with Crippen LogP contribution in [0.25, 0.3) is 0 Å². The minimum Gasteiger partial charge on any atom is -0.393 e. The van der Waals surface area contributed by atoms with Gasteiger partial charge >= 0.3 is 6.18 Å². The molecule has 0 unspecified atom stereocenters. The first-order valence-electron chi connectivity index (χ1n) is 9.18. The van der Waals surface area contributed by atoms with Crippen molar-refractivity contribution in [2.24, 2.45) is 5.92 Å². The molecule has 2 fully saturated rings. The first kappa shape index (κ1) is 19.2. The van der Waals surface area contributed by atoms with E-state index in [4.69, 9.17) is 0 Å². The fourth-order valence-electron chi connectivity index (χ4n) is 3.83. The Labute approximate surface area is 151 Å². The van der Waals surface area contributed by atoms with Crippen LogP contribution in [0, 0.1) is 5.92 Å². The van der Waals surface area contributed by atoms with Crippen LogP contribution in [-0.4, -0.2) is 53.1 Å². The van der Waals surface area contributed by atoms with Gasteiger partial charge in [0.2, 0.25) is 5.91 Å². The normalized spacial score (nSPS) is 25.3. The van der Waals surface area contributed by atoms with E-state index in [1.807, 2.05) is 4.90 Å². The van der Waals surface area contributed by atoms with E-state index in [0.29, 0.717) is 39.1 Å². The highest BCUT2D eigenvalue weighted by atomic mass is 19.4. The van der Waals surface area contributed by atoms with Gasteiger partial charge in [0.05, 0.1) is 11.7 Å². The minimum absolute atomic E-state index is 0.0692. The maximum absolute atomic E-state index is 12.6. The molecule has 144 valence electrons. The average molecular weight is 370 g/mol. The average Bonchev–Trinajstić information content (AvgIpc) is 2.61. The van der Waals surface area contributed by atoms with Gasteiger partial charge in [0.15, 0.2) is 0 Å². The largest absolute Gasteiger partial charge is 0.416 e. The van der Waals surface area contributed by atoms with Crippen LogP contribution in [0.2, 0.25) is 0 Å². The van der Waals surface area contributed by atoms with E-state index in [9.17, 15) is 23.1 Å².